The second-order valence-corrected chi connectivity index (χ2v) is 7.34. The van der Waals surface area contributed by atoms with Gasteiger partial charge in [0, 0.05) is 13.1 Å². The molecule has 1 aromatic rings. The highest BCUT2D eigenvalue weighted by Gasteiger charge is 2.21. The van der Waals surface area contributed by atoms with Crippen molar-refractivity contribution in [1.82, 2.24) is 9.62 Å². The molecule has 0 unspecified atom stereocenters. The Morgan fingerprint density at radius 2 is 1.86 bits per heavy atom. The summed E-state index contributed by atoms with van der Waals surface area (Å²) in [4.78, 5) is 2.71. The van der Waals surface area contributed by atoms with E-state index in [1.165, 1.54) is 0 Å². The first-order chi connectivity index (χ1) is 10.0. The predicted octanol–water partition coefficient (Wildman–Crippen LogP) is 1.16. The fourth-order valence-electron chi connectivity index (χ4n) is 2.62. The lowest BCUT2D eigenvalue weighted by atomic mass is 9.97. The Labute approximate surface area is 127 Å². The van der Waals surface area contributed by atoms with E-state index in [0.29, 0.717) is 23.9 Å². The molecule has 0 bridgehead atoms. The van der Waals surface area contributed by atoms with Crippen LogP contribution in [0.25, 0.3) is 0 Å². The Morgan fingerprint density at radius 3 is 2.38 bits per heavy atom. The molecule has 1 heterocycles. The maximum atomic E-state index is 12.2. The van der Waals surface area contributed by atoms with Crippen molar-refractivity contribution in [2.45, 2.75) is 31.2 Å². The Kier molecular flexibility index (Phi) is 5.75. The molecule has 5 nitrogen and oxygen atoms in total. The molecule has 1 saturated heterocycles. The second-order valence-electron chi connectivity index (χ2n) is 5.58. The molecule has 0 radical (unpaired) electrons. The number of piperidine rings is 1. The van der Waals surface area contributed by atoms with Crippen molar-refractivity contribution in [3.05, 3.63) is 29.8 Å². The van der Waals surface area contributed by atoms with E-state index in [0.717, 1.165) is 38.0 Å². The standard InChI is InChI=1S/C15H25N3O2S/c1-2-18-9-7-14(8-10-18)12-17-21(19,20)15-5-3-13(11-16)4-6-15/h3-6,14,17H,2,7-12,16H2,1H3. The molecule has 3 N–H and O–H groups in total. The molecule has 1 aliphatic heterocycles. The minimum atomic E-state index is -3.41. The van der Waals surface area contributed by atoms with Crippen LogP contribution in [-0.4, -0.2) is 39.5 Å². The van der Waals surface area contributed by atoms with Gasteiger partial charge in [-0.2, -0.15) is 0 Å². The van der Waals surface area contributed by atoms with Crippen molar-refractivity contribution < 1.29 is 8.42 Å². The average Bonchev–Trinajstić information content (AvgIpc) is 2.53. The van der Waals surface area contributed by atoms with E-state index >= 15 is 0 Å². The van der Waals surface area contributed by atoms with E-state index in [1.54, 1.807) is 24.3 Å². The molecule has 0 spiro atoms. The van der Waals surface area contributed by atoms with Gasteiger partial charge in [0.05, 0.1) is 4.90 Å². The van der Waals surface area contributed by atoms with Crippen molar-refractivity contribution in [2.24, 2.45) is 11.7 Å². The SMILES string of the molecule is CCN1CCC(CNS(=O)(=O)c2ccc(CN)cc2)CC1. The zero-order chi connectivity index (χ0) is 15.3. The van der Waals surface area contributed by atoms with Crippen LogP contribution in [0.3, 0.4) is 0 Å². The van der Waals surface area contributed by atoms with Crippen LogP contribution >= 0.6 is 0 Å². The third-order valence-corrected chi connectivity index (χ3v) is 5.63. The van der Waals surface area contributed by atoms with Crippen molar-refractivity contribution in [1.29, 1.82) is 0 Å². The minimum absolute atomic E-state index is 0.311. The smallest absolute Gasteiger partial charge is 0.240 e. The van der Waals surface area contributed by atoms with E-state index < -0.39 is 10.0 Å². The first-order valence-electron chi connectivity index (χ1n) is 7.56. The molecule has 118 valence electrons. The zero-order valence-corrected chi connectivity index (χ0v) is 13.4. The topological polar surface area (TPSA) is 75.4 Å². The number of hydrogen-bond donors (Lipinski definition) is 2. The number of hydrogen-bond acceptors (Lipinski definition) is 4. The second kappa shape index (κ2) is 7.35. The van der Waals surface area contributed by atoms with Gasteiger partial charge in [0.1, 0.15) is 0 Å². The van der Waals surface area contributed by atoms with Crippen LogP contribution in [-0.2, 0) is 16.6 Å². The van der Waals surface area contributed by atoms with Crippen molar-refractivity contribution in [2.75, 3.05) is 26.2 Å². The highest BCUT2D eigenvalue weighted by Crippen LogP contribution is 2.17. The number of sulfonamides is 1. The Balaban J connectivity index is 1.89. The van der Waals surface area contributed by atoms with Gasteiger partial charge < -0.3 is 10.6 Å². The van der Waals surface area contributed by atoms with E-state index in [4.69, 9.17) is 5.73 Å². The average molecular weight is 311 g/mol. The molecular weight excluding hydrogens is 286 g/mol. The van der Waals surface area contributed by atoms with Gasteiger partial charge in [-0.1, -0.05) is 19.1 Å². The summed E-state index contributed by atoms with van der Waals surface area (Å²) >= 11 is 0. The summed E-state index contributed by atoms with van der Waals surface area (Å²) in [5.41, 5.74) is 6.45. The quantitative estimate of drug-likeness (QED) is 0.826. The molecule has 0 saturated carbocycles. The van der Waals surface area contributed by atoms with Crippen molar-refractivity contribution in [3.63, 3.8) is 0 Å². The predicted molar refractivity (Wildman–Crippen MR) is 84.4 cm³/mol. The largest absolute Gasteiger partial charge is 0.326 e. The fourth-order valence-corrected chi connectivity index (χ4v) is 3.74. The number of nitrogens with zero attached hydrogens (tertiary/aromatic N) is 1. The van der Waals surface area contributed by atoms with Crippen LogP contribution in [0.5, 0.6) is 0 Å². The summed E-state index contributed by atoms with van der Waals surface area (Å²) in [6.45, 7) is 6.31. The lowest BCUT2D eigenvalue weighted by Gasteiger charge is -2.30. The maximum Gasteiger partial charge on any atom is 0.240 e. The Morgan fingerprint density at radius 1 is 1.24 bits per heavy atom. The third-order valence-electron chi connectivity index (χ3n) is 4.19. The molecule has 1 fully saturated rings. The van der Waals surface area contributed by atoms with E-state index in [-0.39, 0.29) is 0 Å². The van der Waals surface area contributed by atoms with Gasteiger partial charge >= 0.3 is 0 Å². The summed E-state index contributed by atoms with van der Waals surface area (Å²) in [5.74, 6) is 0.436. The number of nitrogens with two attached hydrogens (primary N) is 1. The number of benzene rings is 1. The van der Waals surface area contributed by atoms with Crippen LogP contribution in [0.15, 0.2) is 29.2 Å². The Bertz CT molecular complexity index is 535. The molecule has 1 aliphatic rings. The van der Waals surface area contributed by atoms with Gasteiger partial charge in [-0.05, 0) is 56.1 Å². The van der Waals surface area contributed by atoms with Gasteiger partial charge in [-0.25, -0.2) is 13.1 Å². The highest BCUT2D eigenvalue weighted by molar-refractivity contribution is 7.89. The van der Waals surface area contributed by atoms with Crippen LogP contribution in [0, 0.1) is 5.92 Å². The molecule has 2 rings (SSSR count). The summed E-state index contributed by atoms with van der Waals surface area (Å²) in [6, 6.07) is 6.75. The van der Waals surface area contributed by atoms with Gasteiger partial charge in [0.25, 0.3) is 0 Å². The zero-order valence-electron chi connectivity index (χ0n) is 12.6. The molecule has 1 aromatic carbocycles. The highest BCUT2D eigenvalue weighted by atomic mass is 32.2. The summed E-state index contributed by atoms with van der Waals surface area (Å²) in [6.07, 6.45) is 2.12. The molecule has 0 aliphatic carbocycles. The van der Waals surface area contributed by atoms with Crippen molar-refractivity contribution in [3.8, 4) is 0 Å². The van der Waals surface area contributed by atoms with E-state index in [2.05, 4.69) is 16.5 Å². The molecule has 21 heavy (non-hydrogen) atoms. The molecular formula is C15H25N3O2S. The van der Waals surface area contributed by atoms with E-state index in [9.17, 15) is 8.42 Å². The third kappa shape index (κ3) is 4.51. The number of rotatable bonds is 6. The monoisotopic (exact) mass is 311 g/mol. The lowest BCUT2D eigenvalue weighted by molar-refractivity contribution is 0.194. The van der Waals surface area contributed by atoms with Crippen LogP contribution < -0.4 is 10.5 Å². The van der Waals surface area contributed by atoms with Gasteiger partial charge in [0.2, 0.25) is 10.0 Å². The van der Waals surface area contributed by atoms with Gasteiger partial charge in [-0.15, -0.1) is 0 Å². The number of likely N-dealkylation sites (tertiary alicyclic amines) is 1. The first kappa shape index (κ1) is 16.4. The lowest BCUT2D eigenvalue weighted by Crippen LogP contribution is -2.38. The van der Waals surface area contributed by atoms with Crippen LogP contribution in [0.1, 0.15) is 25.3 Å². The van der Waals surface area contributed by atoms with Crippen molar-refractivity contribution >= 4 is 10.0 Å². The normalized spacial score (nSPS) is 18.0. The molecule has 0 aromatic heterocycles. The molecule has 0 atom stereocenters. The summed E-state index contributed by atoms with van der Waals surface area (Å²) in [5, 5.41) is 0. The fraction of sp³-hybridized carbons (Fsp3) is 0.600. The minimum Gasteiger partial charge on any atom is -0.326 e. The molecule has 6 heteroatoms. The van der Waals surface area contributed by atoms with E-state index in [1.807, 2.05) is 0 Å². The number of nitrogens with one attached hydrogen (secondary N) is 1. The van der Waals surface area contributed by atoms with Gasteiger partial charge in [0.15, 0.2) is 0 Å². The van der Waals surface area contributed by atoms with Crippen LogP contribution in [0.2, 0.25) is 0 Å². The summed E-state index contributed by atoms with van der Waals surface area (Å²) < 4.78 is 27.2. The summed E-state index contributed by atoms with van der Waals surface area (Å²) in [7, 11) is -3.41. The Hall–Kier alpha value is -0.950. The molecule has 0 amide bonds. The van der Waals surface area contributed by atoms with Crippen LogP contribution in [0.4, 0.5) is 0 Å². The maximum absolute atomic E-state index is 12.2. The first-order valence-corrected chi connectivity index (χ1v) is 9.04. The van der Waals surface area contributed by atoms with Gasteiger partial charge in [-0.3, -0.25) is 0 Å².